The molecule has 1 aromatic heterocycles. The number of nitrogens with zero attached hydrogens (tertiary/aromatic N) is 4. The Bertz CT molecular complexity index is 628. The van der Waals surface area contributed by atoms with Crippen LogP contribution in [0.5, 0.6) is 0 Å². The maximum absolute atomic E-state index is 5.46. The molecule has 3 rings (SSSR count). The Morgan fingerprint density at radius 2 is 1.92 bits per heavy atom. The summed E-state index contributed by atoms with van der Waals surface area (Å²) in [6.45, 7) is 4.43. The third-order valence-electron chi connectivity index (χ3n) is 4.15. The molecule has 1 saturated heterocycles. The van der Waals surface area contributed by atoms with Gasteiger partial charge in [0.1, 0.15) is 5.82 Å². The van der Waals surface area contributed by atoms with Gasteiger partial charge in [-0.2, -0.15) is 4.98 Å². The normalized spacial score (nSPS) is 16.6. The van der Waals surface area contributed by atoms with Crippen molar-refractivity contribution in [3.05, 3.63) is 48.2 Å². The minimum atomic E-state index is 0.140. The van der Waals surface area contributed by atoms with Crippen molar-refractivity contribution in [1.29, 1.82) is 0 Å². The van der Waals surface area contributed by atoms with Gasteiger partial charge in [-0.15, -0.1) is 0 Å². The fourth-order valence-electron chi connectivity index (χ4n) is 2.79. The van der Waals surface area contributed by atoms with Crippen LogP contribution >= 0.6 is 0 Å². The zero-order valence-corrected chi connectivity index (χ0v) is 14.4. The number of rotatable bonds is 6. The monoisotopic (exact) mass is 327 g/mol. The van der Waals surface area contributed by atoms with E-state index in [1.165, 1.54) is 5.56 Å². The quantitative estimate of drug-likeness (QED) is 0.876. The van der Waals surface area contributed by atoms with Crippen molar-refractivity contribution in [1.82, 2.24) is 14.9 Å². The highest BCUT2D eigenvalue weighted by atomic mass is 16.5. The number of aromatic nitrogens is 2. The largest absolute Gasteiger partial charge is 0.379 e. The third-order valence-corrected chi connectivity index (χ3v) is 4.15. The van der Waals surface area contributed by atoms with Crippen molar-refractivity contribution in [3.8, 4) is 0 Å². The fourth-order valence-corrected chi connectivity index (χ4v) is 2.79. The number of morpholine rings is 1. The van der Waals surface area contributed by atoms with Crippen molar-refractivity contribution in [2.24, 2.45) is 0 Å². The zero-order valence-electron chi connectivity index (χ0n) is 14.4. The Hall–Kier alpha value is -2.18. The van der Waals surface area contributed by atoms with Crippen LogP contribution in [0.15, 0.2) is 42.6 Å². The molecule has 1 unspecified atom stereocenters. The van der Waals surface area contributed by atoms with Crippen LogP contribution in [0, 0.1) is 0 Å². The zero-order chi connectivity index (χ0) is 16.8. The average molecular weight is 327 g/mol. The number of ether oxygens (including phenoxy) is 1. The minimum Gasteiger partial charge on any atom is -0.379 e. The lowest BCUT2D eigenvalue weighted by Crippen LogP contribution is -2.40. The summed E-state index contributed by atoms with van der Waals surface area (Å²) in [6, 6.07) is 12.5. The molecule has 0 bridgehead atoms. The van der Waals surface area contributed by atoms with Gasteiger partial charge in [-0.25, -0.2) is 4.98 Å². The van der Waals surface area contributed by atoms with E-state index in [0.29, 0.717) is 5.95 Å². The molecule has 0 amide bonds. The molecule has 6 nitrogen and oxygen atoms in total. The topological polar surface area (TPSA) is 53.5 Å². The van der Waals surface area contributed by atoms with Crippen molar-refractivity contribution in [3.63, 3.8) is 0 Å². The lowest BCUT2D eigenvalue weighted by molar-refractivity contribution is 0.0360. The average Bonchev–Trinajstić information content (AvgIpc) is 2.63. The lowest BCUT2D eigenvalue weighted by atomic mass is 10.1. The summed E-state index contributed by atoms with van der Waals surface area (Å²) >= 11 is 0. The number of hydrogen-bond acceptors (Lipinski definition) is 6. The van der Waals surface area contributed by atoms with E-state index >= 15 is 0 Å². The van der Waals surface area contributed by atoms with Gasteiger partial charge in [0, 0.05) is 39.9 Å². The summed E-state index contributed by atoms with van der Waals surface area (Å²) in [5, 5.41) is 3.51. The highest BCUT2D eigenvalue weighted by Crippen LogP contribution is 2.20. The van der Waals surface area contributed by atoms with Gasteiger partial charge in [0.15, 0.2) is 0 Å². The smallest absolute Gasteiger partial charge is 0.225 e. The van der Waals surface area contributed by atoms with E-state index in [9.17, 15) is 0 Å². The van der Waals surface area contributed by atoms with E-state index in [1.807, 2.05) is 31.1 Å². The van der Waals surface area contributed by atoms with E-state index in [-0.39, 0.29) is 6.04 Å². The van der Waals surface area contributed by atoms with Gasteiger partial charge >= 0.3 is 0 Å². The van der Waals surface area contributed by atoms with Crippen LogP contribution in [0.4, 0.5) is 11.8 Å². The van der Waals surface area contributed by atoms with Crippen LogP contribution in [0.25, 0.3) is 0 Å². The predicted octanol–water partition coefficient (Wildman–Crippen LogP) is 2.03. The van der Waals surface area contributed by atoms with E-state index in [0.717, 1.165) is 38.7 Å². The van der Waals surface area contributed by atoms with Gasteiger partial charge in [-0.1, -0.05) is 30.3 Å². The molecule has 1 aromatic carbocycles. The second-order valence-electron chi connectivity index (χ2n) is 6.15. The Morgan fingerprint density at radius 3 is 2.62 bits per heavy atom. The van der Waals surface area contributed by atoms with Crippen LogP contribution in [0.2, 0.25) is 0 Å². The van der Waals surface area contributed by atoms with Crippen molar-refractivity contribution >= 4 is 11.8 Å². The summed E-state index contributed by atoms with van der Waals surface area (Å²) in [6.07, 6.45) is 1.79. The summed E-state index contributed by atoms with van der Waals surface area (Å²) in [5.74, 6) is 1.55. The lowest BCUT2D eigenvalue weighted by Gasteiger charge is -2.31. The molecule has 1 atom stereocenters. The van der Waals surface area contributed by atoms with Gasteiger partial charge < -0.3 is 15.0 Å². The molecule has 1 aliphatic rings. The molecular weight excluding hydrogens is 302 g/mol. The maximum Gasteiger partial charge on any atom is 0.225 e. The molecule has 24 heavy (non-hydrogen) atoms. The summed E-state index contributed by atoms with van der Waals surface area (Å²) in [5.41, 5.74) is 1.24. The number of benzene rings is 1. The maximum atomic E-state index is 5.46. The van der Waals surface area contributed by atoms with Crippen LogP contribution in [0.1, 0.15) is 11.6 Å². The predicted molar refractivity (Wildman–Crippen MR) is 96.4 cm³/mol. The van der Waals surface area contributed by atoms with E-state index in [4.69, 9.17) is 4.74 Å². The standard InChI is InChI=1S/C18H25N5O/c1-22(2)17-8-9-19-18(21-17)20-16(15-6-4-3-5-7-15)14-23-10-12-24-13-11-23/h3-9,16H,10-14H2,1-2H3,(H,19,20,21). The highest BCUT2D eigenvalue weighted by molar-refractivity contribution is 5.42. The van der Waals surface area contributed by atoms with Crippen LogP contribution in [-0.2, 0) is 4.74 Å². The van der Waals surface area contributed by atoms with Gasteiger partial charge in [0.25, 0.3) is 0 Å². The van der Waals surface area contributed by atoms with Crippen LogP contribution < -0.4 is 10.2 Å². The van der Waals surface area contributed by atoms with Gasteiger partial charge in [0.2, 0.25) is 5.95 Å². The first-order chi connectivity index (χ1) is 11.7. The SMILES string of the molecule is CN(C)c1ccnc(NC(CN2CCOCC2)c2ccccc2)n1. The molecule has 6 heteroatoms. The Kier molecular flexibility index (Phi) is 5.61. The Balaban J connectivity index is 1.77. The second kappa shape index (κ2) is 8.08. The van der Waals surface area contributed by atoms with Crippen molar-refractivity contribution in [2.75, 3.05) is 57.2 Å². The molecule has 0 aliphatic carbocycles. The van der Waals surface area contributed by atoms with E-state index < -0.39 is 0 Å². The van der Waals surface area contributed by atoms with Gasteiger partial charge in [0.05, 0.1) is 19.3 Å². The minimum absolute atomic E-state index is 0.140. The highest BCUT2D eigenvalue weighted by Gasteiger charge is 2.19. The fraction of sp³-hybridized carbons (Fsp3) is 0.444. The Morgan fingerprint density at radius 1 is 1.17 bits per heavy atom. The van der Waals surface area contributed by atoms with E-state index in [1.54, 1.807) is 6.20 Å². The summed E-state index contributed by atoms with van der Waals surface area (Å²) in [4.78, 5) is 13.4. The first kappa shape index (κ1) is 16.7. The molecule has 2 heterocycles. The first-order valence-electron chi connectivity index (χ1n) is 8.34. The van der Waals surface area contributed by atoms with E-state index in [2.05, 4.69) is 44.5 Å². The molecular formula is C18H25N5O. The molecule has 0 spiro atoms. The van der Waals surface area contributed by atoms with Gasteiger partial charge in [-0.3, -0.25) is 4.90 Å². The number of nitrogens with one attached hydrogen (secondary N) is 1. The summed E-state index contributed by atoms with van der Waals surface area (Å²) < 4.78 is 5.46. The molecule has 128 valence electrons. The second-order valence-corrected chi connectivity index (χ2v) is 6.15. The molecule has 1 fully saturated rings. The molecule has 2 aromatic rings. The van der Waals surface area contributed by atoms with Crippen molar-refractivity contribution in [2.45, 2.75) is 6.04 Å². The van der Waals surface area contributed by atoms with Crippen LogP contribution in [0.3, 0.4) is 0 Å². The molecule has 0 radical (unpaired) electrons. The number of anilines is 2. The Labute approximate surface area is 143 Å². The third kappa shape index (κ3) is 4.43. The number of hydrogen-bond donors (Lipinski definition) is 1. The van der Waals surface area contributed by atoms with Crippen LogP contribution in [-0.4, -0.2) is 61.8 Å². The first-order valence-corrected chi connectivity index (χ1v) is 8.34. The molecule has 0 saturated carbocycles. The van der Waals surface area contributed by atoms with Crippen molar-refractivity contribution < 1.29 is 4.74 Å². The van der Waals surface area contributed by atoms with Gasteiger partial charge in [-0.05, 0) is 11.6 Å². The molecule has 1 aliphatic heterocycles. The summed E-state index contributed by atoms with van der Waals surface area (Å²) in [7, 11) is 3.96. The molecule has 1 N–H and O–H groups in total.